The van der Waals surface area contributed by atoms with Crippen molar-refractivity contribution in [2.24, 2.45) is 17.7 Å². The number of hydrazine groups is 1. The molecule has 1 fully saturated rings. The minimum atomic E-state index is 0.430. The summed E-state index contributed by atoms with van der Waals surface area (Å²) in [5.74, 6) is 7.56. The molecule has 1 aliphatic rings. The normalized spacial score (nSPS) is 24.0. The molecule has 2 rings (SSSR count). The Morgan fingerprint density at radius 2 is 1.81 bits per heavy atom. The molecule has 0 aromatic heterocycles. The summed E-state index contributed by atoms with van der Waals surface area (Å²) in [6.45, 7) is 4.43. The van der Waals surface area contributed by atoms with Gasteiger partial charge in [0.1, 0.15) is 0 Å². The summed E-state index contributed by atoms with van der Waals surface area (Å²) in [5, 5.41) is 0. The highest BCUT2D eigenvalue weighted by Crippen LogP contribution is 2.34. The molecule has 3 N–H and O–H groups in total. The van der Waals surface area contributed by atoms with Gasteiger partial charge in [-0.1, -0.05) is 68.9 Å². The molecule has 0 amide bonds. The molecule has 0 aliphatic heterocycles. The highest BCUT2D eigenvalue weighted by molar-refractivity contribution is 5.22. The lowest BCUT2D eigenvalue weighted by atomic mass is 9.76. The van der Waals surface area contributed by atoms with Gasteiger partial charge in [0, 0.05) is 6.04 Å². The standard InChI is InChI=1S/C19H32N2/c1-3-4-5-16-10-12-18(13-11-16)19(21-20)14-17-8-6-15(2)7-9-17/h6-9,16,18-19,21H,3-5,10-14,20H2,1-2H3. The number of benzene rings is 1. The monoisotopic (exact) mass is 288 g/mol. The molecule has 0 radical (unpaired) electrons. The number of rotatable bonds is 7. The molecular weight excluding hydrogens is 256 g/mol. The van der Waals surface area contributed by atoms with Crippen LogP contribution in [0.2, 0.25) is 0 Å². The fraction of sp³-hybridized carbons (Fsp3) is 0.684. The third-order valence-electron chi connectivity index (χ3n) is 5.22. The van der Waals surface area contributed by atoms with Gasteiger partial charge in [-0.05, 0) is 43.6 Å². The summed E-state index contributed by atoms with van der Waals surface area (Å²) in [6, 6.07) is 9.31. The second-order valence-electron chi connectivity index (χ2n) is 6.89. The first-order valence-electron chi connectivity index (χ1n) is 8.74. The molecule has 0 spiro atoms. The quantitative estimate of drug-likeness (QED) is 0.577. The maximum absolute atomic E-state index is 5.85. The topological polar surface area (TPSA) is 38.0 Å². The van der Waals surface area contributed by atoms with E-state index in [1.54, 1.807) is 0 Å². The van der Waals surface area contributed by atoms with E-state index < -0.39 is 0 Å². The molecule has 0 saturated heterocycles. The SMILES string of the molecule is CCCCC1CCC(C(Cc2ccc(C)cc2)NN)CC1. The van der Waals surface area contributed by atoms with E-state index in [9.17, 15) is 0 Å². The lowest BCUT2D eigenvalue weighted by molar-refractivity contribution is 0.211. The van der Waals surface area contributed by atoms with Crippen molar-refractivity contribution in [3.05, 3.63) is 35.4 Å². The molecule has 2 heteroatoms. The second-order valence-corrected chi connectivity index (χ2v) is 6.89. The summed E-state index contributed by atoms with van der Waals surface area (Å²) >= 11 is 0. The molecule has 1 aromatic carbocycles. The molecule has 1 atom stereocenters. The molecule has 0 heterocycles. The van der Waals surface area contributed by atoms with E-state index in [1.165, 1.54) is 56.1 Å². The van der Waals surface area contributed by atoms with Crippen LogP contribution in [0.3, 0.4) is 0 Å². The largest absolute Gasteiger partial charge is 0.271 e. The van der Waals surface area contributed by atoms with Crippen LogP contribution >= 0.6 is 0 Å². The smallest absolute Gasteiger partial charge is 0.0279 e. The number of nitrogens with one attached hydrogen (secondary N) is 1. The molecule has 2 nitrogen and oxygen atoms in total. The van der Waals surface area contributed by atoms with E-state index in [0.29, 0.717) is 6.04 Å². The molecule has 1 unspecified atom stereocenters. The zero-order valence-corrected chi connectivity index (χ0v) is 13.8. The van der Waals surface area contributed by atoms with Crippen molar-refractivity contribution < 1.29 is 0 Å². The molecule has 1 aromatic rings. The third kappa shape index (κ3) is 5.12. The van der Waals surface area contributed by atoms with Gasteiger partial charge < -0.3 is 0 Å². The number of hydrogen-bond donors (Lipinski definition) is 2. The zero-order valence-electron chi connectivity index (χ0n) is 13.8. The Kier molecular flexibility index (Phi) is 6.72. The number of aryl methyl sites for hydroxylation is 1. The molecule has 1 aliphatic carbocycles. The molecule has 0 bridgehead atoms. The maximum Gasteiger partial charge on any atom is 0.0279 e. The summed E-state index contributed by atoms with van der Waals surface area (Å²) in [4.78, 5) is 0. The molecular formula is C19H32N2. The lowest BCUT2D eigenvalue weighted by Crippen LogP contribution is -2.43. The van der Waals surface area contributed by atoms with Crippen molar-refractivity contribution >= 4 is 0 Å². The van der Waals surface area contributed by atoms with Gasteiger partial charge in [-0.3, -0.25) is 11.3 Å². The first-order valence-corrected chi connectivity index (χ1v) is 8.74. The molecule has 118 valence electrons. The van der Waals surface area contributed by atoms with Crippen LogP contribution in [0, 0.1) is 18.8 Å². The Morgan fingerprint density at radius 3 is 2.38 bits per heavy atom. The van der Waals surface area contributed by atoms with Crippen LogP contribution in [-0.2, 0) is 6.42 Å². The first-order chi connectivity index (χ1) is 10.2. The van der Waals surface area contributed by atoms with Gasteiger partial charge in [0.2, 0.25) is 0 Å². The van der Waals surface area contributed by atoms with Crippen LogP contribution in [0.1, 0.15) is 63.0 Å². The number of unbranched alkanes of at least 4 members (excludes halogenated alkanes) is 1. The number of nitrogens with two attached hydrogens (primary N) is 1. The van der Waals surface area contributed by atoms with Crippen LogP contribution in [0.4, 0.5) is 0 Å². The van der Waals surface area contributed by atoms with E-state index in [4.69, 9.17) is 5.84 Å². The Morgan fingerprint density at radius 1 is 1.14 bits per heavy atom. The Hall–Kier alpha value is -0.860. The predicted molar refractivity (Wildman–Crippen MR) is 91.0 cm³/mol. The Balaban J connectivity index is 1.83. The van der Waals surface area contributed by atoms with Crippen LogP contribution in [0.5, 0.6) is 0 Å². The minimum absolute atomic E-state index is 0.430. The van der Waals surface area contributed by atoms with Crippen molar-refractivity contribution in [3.63, 3.8) is 0 Å². The fourth-order valence-electron chi connectivity index (χ4n) is 3.71. The highest BCUT2D eigenvalue weighted by Gasteiger charge is 2.26. The summed E-state index contributed by atoms with van der Waals surface area (Å²) in [7, 11) is 0. The average molecular weight is 288 g/mol. The Bertz CT molecular complexity index is 391. The summed E-state index contributed by atoms with van der Waals surface area (Å²) in [5.41, 5.74) is 5.82. The van der Waals surface area contributed by atoms with Gasteiger partial charge in [0.05, 0.1) is 0 Å². The predicted octanol–water partition coefficient (Wildman–Crippen LogP) is 4.37. The van der Waals surface area contributed by atoms with Gasteiger partial charge in [0.25, 0.3) is 0 Å². The van der Waals surface area contributed by atoms with E-state index >= 15 is 0 Å². The zero-order chi connectivity index (χ0) is 15.1. The molecule has 1 saturated carbocycles. The van der Waals surface area contributed by atoms with Gasteiger partial charge in [-0.2, -0.15) is 0 Å². The number of hydrogen-bond acceptors (Lipinski definition) is 2. The Labute approximate surface area is 130 Å². The summed E-state index contributed by atoms with van der Waals surface area (Å²) < 4.78 is 0. The van der Waals surface area contributed by atoms with Crippen molar-refractivity contribution in [1.82, 2.24) is 5.43 Å². The molecule has 21 heavy (non-hydrogen) atoms. The van der Waals surface area contributed by atoms with Crippen molar-refractivity contribution in [3.8, 4) is 0 Å². The first kappa shape index (κ1) is 16.5. The highest BCUT2D eigenvalue weighted by atomic mass is 15.2. The van der Waals surface area contributed by atoms with Gasteiger partial charge in [-0.15, -0.1) is 0 Å². The van der Waals surface area contributed by atoms with Crippen LogP contribution in [0.25, 0.3) is 0 Å². The average Bonchev–Trinajstić information content (AvgIpc) is 2.53. The van der Waals surface area contributed by atoms with Crippen molar-refractivity contribution in [2.45, 2.75) is 71.3 Å². The van der Waals surface area contributed by atoms with Crippen LogP contribution in [0.15, 0.2) is 24.3 Å². The van der Waals surface area contributed by atoms with Gasteiger partial charge >= 0.3 is 0 Å². The van der Waals surface area contributed by atoms with E-state index in [-0.39, 0.29) is 0 Å². The maximum atomic E-state index is 5.85. The van der Waals surface area contributed by atoms with E-state index in [2.05, 4.69) is 43.5 Å². The van der Waals surface area contributed by atoms with Crippen LogP contribution in [-0.4, -0.2) is 6.04 Å². The fourth-order valence-corrected chi connectivity index (χ4v) is 3.71. The van der Waals surface area contributed by atoms with Crippen molar-refractivity contribution in [1.29, 1.82) is 0 Å². The van der Waals surface area contributed by atoms with E-state index in [0.717, 1.165) is 18.3 Å². The van der Waals surface area contributed by atoms with Crippen LogP contribution < -0.4 is 11.3 Å². The summed E-state index contributed by atoms with van der Waals surface area (Å²) in [6.07, 6.45) is 10.7. The minimum Gasteiger partial charge on any atom is -0.271 e. The van der Waals surface area contributed by atoms with Gasteiger partial charge in [-0.25, -0.2) is 0 Å². The second kappa shape index (κ2) is 8.55. The third-order valence-corrected chi connectivity index (χ3v) is 5.22. The lowest BCUT2D eigenvalue weighted by Gasteiger charge is -2.33. The van der Waals surface area contributed by atoms with Gasteiger partial charge in [0.15, 0.2) is 0 Å². The van der Waals surface area contributed by atoms with E-state index in [1.807, 2.05) is 0 Å². The van der Waals surface area contributed by atoms with Crippen molar-refractivity contribution in [2.75, 3.05) is 0 Å².